The van der Waals surface area contributed by atoms with Gasteiger partial charge in [0.1, 0.15) is 6.17 Å². The molecule has 0 saturated heterocycles. The van der Waals surface area contributed by atoms with Crippen LogP contribution in [0.25, 0.3) is 0 Å². The molecule has 0 radical (unpaired) electrons. The lowest BCUT2D eigenvalue weighted by Gasteiger charge is -2.40. The van der Waals surface area contributed by atoms with Crippen molar-refractivity contribution < 1.29 is 0 Å². The smallest absolute Gasteiger partial charge is 0.147 e. The van der Waals surface area contributed by atoms with E-state index >= 15 is 0 Å². The summed E-state index contributed by atoms with van der Waals surface area (Å²) < 4.78 is 0. The molecule has 1 unspecified atom stereocenters. The van der Waals surface area contributed by atoms with Crippen LogP contribution in [0.3, 0.4) is 0 Å². The van der Waals surface area contributed by atoms with Gasteiger partial charge in [0.25, 0.3) is 0 Å². The average molecular weight is 343 g/mol. The highest BCUT2D eigenvalue weighted by Crippen LogP contribution is 2.35. The summed E-state index contributed by atoms with van der Waals surface area (Å²) in [6.07, 6.45) is 9.95. The number of aliphatic imine (C=N–C) groups is 1. The van der Waals surface area contributed by atoms with Crippen molar-refractivity contribution >= 4 is 11.9 Å². The number of anilines is 1. The van der Waals surface area contributed by atoms with Crippen molar-refractivity contribution in [2.24, 2.45) is 10.7 Å². The van der Waals surface area contributed by atoms with Gasteiger partial charge < -0.3 is 10.6 Å². The first-order valence-electron chi connectivity index (χ1n) is 8.76. The normalized spacial score (nSPS) is 17.0. The van der Waals surface area contributed by atoms with Crippen molar-refractivity contribution in [3.8, 4) is 0 Å². The van der Waals surface area contributed by atoms with Gasteiger partial charge in [0.15, 0.2) is 0 Å². The molecule has 0 fully saturated rings. The molecular weight excluding hydrogens is 322 g/mol. The number of nitrogens with zero attached hydrogens (tertiary/aromatic N) is 4. The molecule has 3 aromatic rings. The van der Waals surface area contributed by atoms with Crippen LogP contribution in [0.1, 0.15) is 22.9 Å². The quantitative estimate of drug-likeness (QED) is 0.773. The SMILES string of the molecule is NC[C@H](Cc1ccccc1)N1c2cnccc2C=NC1c1ccncc1. The Morgan fingerprint density at radius 1 is 0.962 bits per heavy atom. The van der Waals surface area contributed by atoms with Gasteiger partial charge in [0.2, 0.25) is 0 Å². The van der Waals surface area contributed by atoms with Gasteiger partial charge in [-0.15, -0.1) is 0 Å². The second-order valence-corrected chi connectivity index (χ2v) is 6.35. The average Bonchev–Trinajstić information content (AvgIpc) is 2.73. The van der Waals surface area contributed by atoms with Crippen molar-refractivity contribution in [2.75, 3.05) is 11.4 Å². The summed E-state index contributed by atoms with van der Waals surface area (Å²) in [7, 11) is 0. The standard InChI is InChI=1S/C21H21N5/c22-13-19(12-16-4-2-1-3-5-16)26-20-15-24-11-8-18(20)14-25-21(26)17-6-9-23-10-7-17/h1-11,14-15,19,21H,12-13,22H2/t19-,21?/m0/s1. The molecule has 1 aromatic carbocycles. The molecule has 0 spiro atoms. The second-order valence-electron chi connectivity index (χ2n) is 6.35. The van der Waals surface area contributed by atoms with Gasteiger partial charge in [-0.25, -0.2) is 0 Å². The van der Waals surface area contributed by atoms with E-state index in [2.05, 4.69) is 39.1 Å². The second kappa shape index (κ2) is 7.45. The molecule has 5 nitrogen and oxygen atoms in total. The zero-order valence-electron chi connectivity index (χ0n) is 14.4. The highest BCUT2D eigenvalue weighted by atomic mass is 15.3. The van der Waals surface area contributed by atoms with Crippen LogP contribution >= 0.6 is 0 Å². The van der Waals surface area contributed by atoms with Crippen molar-refractivity contribution in [3.05, 3.63) is 90.0 Å². The van der Waals surface area contributed by atoms with Crippen LogP contribution in [0.15, 0.2) is 78.3 Å². The molecule has 1 aliphatic rings. The van der Waals surface area contributed by atoms with E-state index in [1.807, 2.05) is 36.7 Å². The van der Waals surface area contributed by atoms with E-state index in [4.69, 9.17) is 10.7 Å². The van der Waals surface area contributed by atoms with Crippen molar-refractivity contribution in [3.63, 3.8) is 0 Å². The maximum absolute atomic E-state index is 6.22. The minimum Gasteiger partial charge on any atom is -0.340 e. The molecule has 2 atom stereocenters. The van der Waals surface area contributed by atoms with E-state index < -0.39 is 0 Å². The number of benzene rings is 1. The van der Waals surface area contributed by atoms with Crippen LogP contribution < -0.4 is 10.6 Å². The molecule has 0 aliphatic carbocycles. The predicted octanol–water partition coefficient (Wildman–Crippen LogP) is 2.98. The first-order valence-corrected chi connectivity index (χ1v) is 8.76. The molecule has 130 valence electrons. The van der Waals surface area contributed by atoms with Gasteiger partial charge in [-0.2, -0.15) is 0 Å². The number of hydrogen-bond acceptors (Lipinski definition) is 5. The van der Waals surface area contributed by atoms with Crippen LogP contribution in [0.5, 0.6) is 0 Å². The topological polar surface area (TPSA) is 67.4 Å². The van der Waals surface area contributed by atoms with Gasteiger partial charge in [-0.1, -0.05) is 30.3 Å². The number of rotatable bonds is 5. The summed E-state index contributed by atoms with van der Waals surface area (Å²) in [5, 5.41) is 0. The minimum atomic E-state index is -0.132. The maximum atomic E-state index is 6.22. The Morgan fingerprint density at radius 2 is 1.73 bits per heavy atom. The van der Waals surface area contributed by atoms with E-state index in [1.54, 1.807) is 18.6 Å². The molecule has 0 bridgehead atoms. The number of aromatic nitrogens is 2. The van der Waals surface area contributed by atoms with Gasteiger partial charge in [0.05, 0.1) is 11.9 Å². The number of nitrogens with two attached hydrogens (primary N) is 1. The van der Waals surface area contributed by atoms with E-state index in [0.717, 1.165) is 23.2 Å². The Hall–Kier alpha value is -3.05. The van der Waals surface area contributed by atoms with Gasteiger partial charge in [-0.05, 0) is 35.7 Å². The van der Waals surface area contributed by atoms with Gasteiger partial charge in [-0.3, -0.25) is 15.0 Å². The Bertz CT molecular complexity index is 879. The third kappa shape index (κ3) is 3.21. The summed E-state index contributed by atoms with van der Waals surface area (Å²) in [5.41, 5.74) is 10.7. The fourth-order valence-corrected chi connectivity index (χ4v) is 3.44. The van der Waals surface area contributed by atoms with Crippen LogP contribution in [-0.2, 0) is 6.42 Å². The third-order valence-electron chi connectivity index (χ3n) is 4.71. The summed E-state index contributed by atoms with van der Waals surface area (Å²) in [4.78, 5) is 15.6. The monoisotopic (exact) mass is 343 g/mol. The van der Waals surface area contributed by atoms with Gasteiger partial charge >= 0.3 is 0 Å². The molecule has 26 heavy (non-hydrogen) atoms. The van der Waals surface area contributed by atoms with E-state index in [1.165, 1.54) is 5.56 Å². The largest absolute Gasteiger partial charge is 0.340 e. The maximum Gasteiger partial charge on any atom is 0.147 e. The highest BCUT2D eigenvalue weighted by Gasteiger charge is 2.30. The molecule has 3 heterocycles. The minimum absolute atomic E-state index is 0.107. The van der Waals surface area contributed by atoms with E-state index in [-0.39, 0.29) is 12.2 Å². The van der Waals surface area contributed by atoms with Crippen LogP contribution in [0.4, 0.5) is 5.69 Å². The molecule has 1 aliphatic heterocycles. The Balaban J connectivity index is 1.75. The van der Waals surface area contributed by atoms with E-state index in [9.17, 15) is 0 Å². The molecule has 0 amide bonds. The first kappa shape index (κ1) is 16.4. The molecular formula is C21H21N5. The molecule has 2 N–H and O–H groups in total. The van der Waals surface area contributed by atoms with Crippen molar-refractivity contribution in [2.45, 2.75) is 18.6 Å². The molecule has 4 rings (SSSR count). The first-order chi connectivity index (χ1) is 12.9. The summed E-state index contributed by atoms with van der Waals surface area (Å²) in [6.45, 7) is 0.528. The number of pyridine rings is 2. The molecule has 5 heteroatoms. The summed E-state index contributed by atoms with van der Waals surface area (Å²) in [6, 6.07) is 16.5. The highest BCUT2D eigenvalue weighted by molar-refractivity contribution is 5.90. The zero-order valence-corrected chi connectivity index (χ0v) is 14.4. The fourth-order valence-electron chi connectivity index (χ4n) is 3.44. The van der Waals surface area contributed by atoms with Crippen LogP contribution in [0.2, 0.25) is 0 Å². The lowest BCUT2D eigenvalue weighted by molar-refractivity contribution is 0.521. The van der Waals surface area contributed by atoms with E-state index in [0.29, 0.717) is 6.54 Å². The third-order valence-corrected chi connectivity index (χ3v) is 4.71. The predicted molar refractivity (Wildman–Crippen MR) is 104 cm³/mol. The fraction of sp³-hybridized carbons (Fsp3) is 0.190. The number of hydrogen-bond donors (Lipinski definition) is 1. The molecule has 0 saturated carbocycles. The van der Waals surface area contributed by atoms with Crippen molar-refractivity contribution in [1.82, 2.24) is 9.97 Å². The lowest BCUT2D eigenvalue weighted by atomic mass is 10.00. The number of fused-ring (bicyclic) bond motifs is 1. The Labute approximate surface area is 153 Å². The van der Waals surface area contributed by atoms with Crippen LogP contribution in [-0.4, -0.2) is 28.8 Å². The Morgan fingerprint density at radius 3 is 2.50 bits per heavy atom. The van der Waals surface area contributed by atoms with Crippen molar-refractivity contribution in [1.29, 1.82) is 0 Å². The van der Waals surface area contributed by atoms with Crippen LogP contribution in [0, 0.1) is 0 Å². The Kier molecular flexibility index (Phi) is 4.71. The van der Waals surface area contributed by atoms with Gasteiger partial charge in [0, 0.05) is 43.0 Å². The lowest BCUT2D eigenvalue weighted by Crippen LogP contribution is -2.45. The summed E-state index contributed by atoms with van der Waals surface area (Å²) in [5.74, 6) is 0. The molecule has 2 aromatic heterocycles. The summed E-state index contributed by atoms with van der Waals surface area (Å²) >= 11 is 0. The zero-order chi connectivity index (χ0) is 17.8.